The molecular formula is C27H33ClN6O3S. The van der Waals surface area contributed by atoms with Gasteiger partial charge >= 0.3 is 0 Å². The molecule has 3 aromatic rings. The monoisotopic (exact) mass is 556 g/mol. The summed E-state index contributed by atoms with van der Waals surface area (Å²) in [6.45, 7) is 4.99. The van der Waals surface area contributed by atoms with Crippen molar-refractivity contribution in [2.75, 3.05) is 63.0 Å². The van der Waals surface area contributed by atoms with Crippen molar-refractivity contribution in [2.24, 2.45) is 0 Å². The lowest BCUT2D eigenvalue weighted by molar-refractivity contribution is -0.119. The molecule has 3 fully saturated rings. The SMILES string of the molecule is O=C1CN(S(=O)(=O)CCCN2CCNCC2)CCN1c1cccc(-c2cnc3[nH]cc(C4CC4)c3c2Cl)c1. The van der Waals surface area contributed by atoms with Gasteiger partial charge in [-0.3, -0.25) is 4.79 Å². The fourth-order valence-electron chi connectivity index (χ4n) is 5.54. The molecular weight excluding hydrogens is 524 g/mol. The van der Waals surface area contributed by atoms with Crippen LogP contribution in [0.4, 0.5) is 5.69 Å². The first kappa shape index (κ1) is 25.8. The van der Waals surface area contributed by atoms with Crippen LogP contribution in [0.5, 0.6) is 0 Å². The molecule has 202 valence electrons. The Balaban J connectivity index is 1.14. The van der Waals surface area contributed by atoms with Crippen LogP contribution in [-0.2, 0) is 14.8 Å². The van der Waals surface area contributed by atoms with Gasteiger partial charge in [0.15, 0.2) is 0 Å². The summed E-state index contributed by atoms with van der Waals surface area (Å²) in [5.41, 5.74) is 4.44. The summed E-state index contributed by atoms with van der Waals surface area (Å²) in [6.07, 6.45) is 6.69. The number of benzene rings is 1. The minimum atomic E-state index is -3.49. The first-order valence-corrected chi connectivity index (χ1v) is 15.4. The van der Waals surface area contributed by atoms with Gasteiger partial charge in [0.1, 0.15) is 5.65 Å². The minimum Gasteiger partial charge on any atom is -0.346 e. The van der Waals surface area contributed by atoms with Crippen molar-refractivity contribution in [2.45, 2.75) is 25.2 Å². The molecule has 0 atom stereocenters. The summed E-state index contributed by atoms with van der Waals surface area (Å²) < 4.78 is 27.3. The third kappa shape index (κ3) is 5.20. The molecule has 2 aliphatic heterocycles. The number of hydrogen-bond donors (Lipinski definition) is 2. The highest BCUT2D eigenvalue weighted by Gasteiger charge is 2.33. The Morgan fingerprint density at radius 3 is 2.68 bits per heavy atom. The maximum absolute atomic E-state index is 13.1. The summed E-state index contributed by atoms with van der Waals surface area (Å²) in [5.74, 6) is 0.382. The number of halogens is 1. The quantitative estimate of drug-likeness (QED) is 0.442. The molecule has 1 saturated carbocycles. The summed E-state index contributed by atoms with van der Waals surface area (Å²) >= 11 is 6.90. The van der Waals surface area contributed by atoms with E-state index >= 15 is 0 Å². The second-order valence-electron chi connectivity index (χ2n) is 10.4. The van der Waals surface area contributed by atoms with Crippen LogP contribution in [0.15, 0.2) is 36.7 Å². The number of carbonyl (C=O) groups excluding carboxylic acids is 1. The van der Waals surface area contributed by atoms with E-state index in [-0.39, 0.29) is 24.7 Å². The van der Waals surface area contributed by atoms with Crippen LogP contribution >= 0.6 is 11.6 Å². The number of amides is 1. The van der Waals surface area contributed by atoms with Crippen molar-refractivity contribution < 1.29 is 13.2 Å². The molecule has 2 saturated heterocycles. The van der Waals surface area contributed by atoms with Crippen LogP contribution in [0, 0.1) is 0 Å². The maximum atomic E-state index is 13.1. The lowest BCUT2D eigenvalue weighted by Crippen LogP contribution is -2.53. The number of hydrogen-bond acceptors (Lipinski definition) is 6. The van der Waals surface area contributed by atoms with Crippen LogP contribution in [0.3, 0.4) is 0 Å². The number of rotatable bonds is 8. The average Bonchev–Trinajstić information content (AvgIpc) is 3.67. The highest BCUT2D eigenvalue weighted by molar-refractivity contribution is 7.89. The number of fused-ring (bicyclic) bond motifs is 1. The number of sulfonamides is 1. The fourth-order valence-corrected chi connectivity index (χ4v) is 7.31. The second kappa shape index (κ2) is 10.6. The van der Waals surface area contributed by atoms with E-state index in [2.05, 4.69) is 20.2 Å². The molecule has 1 amide bonds. The predicted octanol–water partition coefficient (Wildman–Crippen LogP) is 3.03. The second-order valence-corrected chi connectivity index (χ2v) is 12.9. The smallest absolute Gasteiger partial charge is 0.242 e. The van der Waals surface area contributed by atoms with Crippen LogP contribution in [0.2, 0.25) is 5.02 Å². The summed E-state index contributed by atoms with van der Waals surface area (Å²) in [5, 5.41) is 4.94. The lowest BCUT2D eigenvalue weighted by atomic mass is 10.0. The predicted molar refractivity (Wildman–Crippen MR) is 150 cm³/mol. The molecule has 38 heavy (non-hydrogen) atoms. The van der Waals surface area contributed by atoms with Crippen molar-refractivity contribution in [1.29, 1.82) is 0 Å². The zero-order chi connectivity index (χ0) is 26.3. The van der Waals surface area contributed by atoms with Gasteiger partial charge in [0.2, 0.25) is 15.9 Å². The van der Waals surface area contributed by atoms with E-state index in [1.54, 1.807) is 11.1 Å². The molecule has 2 N–H and O–H groups in total. The first-order valence-electron chi connectivity index (χ1n) is 13.4. The molecule has 0 bridgehead atoms. The molecule has 0 unspecified atom stereocenters. The Hall–Kier alpha value is -2.50. The third-order valence-electron chi connectivity index (χ3n) is 7.82. The van der Waals surface area contributed by atoms with Gasteiger partial charge in [0, 0.05) is 68.3 Å². The molecule has 0 spiro atoms. The molecule has 11 heteroatoms. The van der Waals surface area contributed by atoms with E-state index in [9.17, 15) is 13.2 Å². The molecule has 6 rings (SSSR count). The van der Waals surface area contributed by atoms with Gasteiger partial charge in [-0.1, -0.05) is 23.7 Å². The molecule has 1 aromatic carbocycles. The number of aromatic amines is 1. The Bertz CT molecular complexity index is 1450. The Morgan fingerprint density at radius 1 is 1.11 bits per heavy atom. The molecule has 4 heterocycles. The Morgan fingerprint density at radius 2 is 1.92 bits per heavy atom. The highest BCUT2D eigenvalue weighted by Crippen LogP contribution is 2.46. The van der Waals surface area contributed by atoms with E-state index in [4.69, 9.17) is 11.6 Å². The van der Waals surface area contributed by atoms with Gasteiger partial charge in [-0.25, -0.2) is 13.4 Å². The Labute approximate surface area is 228 Å². The number of piperazine rings is 2. The number of carbonyl (C=O) groups is 1. The van der Waals surface area contributed by atoms with E-state index in [0.29, 0.717) is 23.9 Å². The largest absolute Gasteiger partial charge is 0.346 e. The highest BCUT2D eigenvalue weighted by atomic mass is 35.5. The van der Waals surface area contributed by atoms with Gasteiger partial charge in [0.25, 0.3) is 0 Å². The van der Waals surface area contributed by atoms with E-state index < -0.39 is 10.0 Å². The maximum Gasteiger partial charge on any atom is 0.242 e. The average molecular weight is 557 g/mol. The number of anilines is 1. The van der Waals surface area contributed by atoms with Crippen molar-refractivity contribution in [3.8, 4) is 11.1 Å². The standard InChI is InChI=1S/C27H33ClN6O3S/c28-26-23(17-31-27-25(26)22(16-30-27)19-5-6-19)20-3-1-4-21(15-20)34-13-12-33(18-24(34)35)38(36,37)14-2-9-32-10-7-29-8-11-32/h1,3-4,15-17,19,29H,2,5-14,18H2,(H,30,31). The molecule has 2 aromatic heterocycles. The molecule has 3 aliphatic rings. The van der Waals surface area contributed by atoms with Crippen molar-refractivity contribution in [1.82, 2.24) is 24.5 Å². The van der Waals surface area contributed by atoms with Crippen LogP contribution in [-0.4, -0.2) is 91.6 Å². The zero-order valence-corrected chi connectivity index (χ0v) is 22.9. The fraction of sp³-hybridized carbons (Fsp3) is 0.481. The number of aromatic nitrogens is 2. The van der Waals surface area contributed by atoms with Crippen molar-refractivity contribution in [3.05, 3.63) is 47.2 Å². The van der Waals surface area contributed by atoms with Crippen molar-refractivity contribution >= 4 is 44.3 Å². The van der Waals surface area contributed by atoms with Gasteiger partial charge in [-0.05, 0) is 55.0 Å². The van der Waals surface area contributed by atoms with Gasteiger partial charge in [-0.2, -0.15) is 4.31 Å². The number of nitrogens with one attached hydrogen (secondary N) is 2. The first-order chi connectivity index (χ1) is 18.4. The molecule has 0 radical (unpaired) electrons. The topological polar surface area (TPSA) is 102 Å². The van der Waals surface area contributed by atoms with E-state index in [1.165, 1.54) is 22.7 Å². The minimum absolute atomic E-state index is 0.0651. The van der Waals surface area contributed by atoms with Crippen LogP contribution in [0.1, 0.15) is 30.7 Å². The summed E-state index contributed by atoms with van der Waals surface area (Å²) in [4.78, 5) is 24.9. The van der Waals surface area contributed by atoms with Crippen LogP contribution < -0.4 is 10.2 Å². The summed E-state index contributed by atoms with van der Waals surface area (Å²) in [6, 6.07) is 7.68. The summed E-state index contributed by atoms with van der Waals surface area (Å²) in [7, 11) is -3.49. The number of H-pyrrole nitrogens is 1. The number of nitrogens with zero attached hydrogens (tertiary/aromatic N) is 4. The number of pyridine rings is 1. The normalized spacial score (nSPS) is 19.9. The van der Waals surface area contributed by atoms with Gasteiger partial charge in [-0.15, -0.1) is 0 Å². The van der Waals surface area contributed by atoms with E-state index in [1.807, 2.05) is 30.5 Å². The lowest BCUT2D eigenvalue weighted by Gasteiger charge is -2.34. The van der Waals surface area contributed by atoms with Crippen LogP contribution in [0.25, 0.3) is 22.2 Å². The van der Waals surface area contributed by atoms with Gasteiger partial charge in [0.05, 0.1) is 17.3 Å². The third-order valence-corrected chi connectivity index (χ3v) is 10.1. The van der Waals surface area contributed by atoms with E-state index in [0.717, 1.165) is 60.6 Å². The van der Waals surface area contributed by atoms with Crippen molar-refractivity contribution in [3.63, 3.8) is 0 Å². The molecule has 9 nitrogen and oxygen atoms in total. The zero-order valence-electron chi connectivity index (χ0n) is 21.3. The molecule has 1 aliphatic carbocycles. The Kier molecular flexibility index (Phi) is 7.17. The van der Waals surface area contributed by atoms with Gasteiger partial charge < -0.3 is 20.1 Å².